The Hall–Kier alpha value is -0.460. The highest BCUT2D eigenvalue weighted by molar-refractivity contribution is 4.89. The first-order chi connectivity index (χ1) is 7.31. The Bertz CT molecular complexity index is 149. The second kappa shape index (κ2) is 11.6. The highest BCUT2D eigenvalue weighted by Gasteiger charge is 1.94. The van der Waals surface area contributed by atoms with Gasteiger partial charge in [0.15, 0.2) is 0 Å². The topological polar surface area (TPSA) is 20.2 Å². The number of aliphatic hydroxyl groups excluding tert-OH is 1. The van der Waals surface area contributed by atoms with Crippen LogP contribution in [0, 0.1) is 0 Å². The maximum atomic E-state index is 9.38. The third-order valence-corrected chi connectivity index (χ3v) is 2.73. The van der Waals surface area contributed by atoms with Gasteiger partial charge in [-0.3, -0.25) is 0 Å². The van der Waals surface area contributed by atoms with Crippen LogP contribution < -0.4 is 0 Å². The van der Waals surface area contributed by atoms with Crippen LogP contribution in [-0.2, 0) is 0 Å². The van der Waals surface area contributed by atoms with Crippen LogP contribution in [0.2, 0.25) is 0 Å². The summed E-state index contributed by atoms with van der Waals surface area (Å²) in [6.45, 7) is 4.31. The van der Waals surface area contributed by atoms with E-state index in [2.05, 4.69) is 13.8 Å². The quantitative estimate of drug-likeness (QED) is 0.381. The summed E-state index contributed by atoms with van der Waals surface area (Å²) in [6.07, 6.45) is 14.4. The van der Waals surface area contributed by atoms with E-state index in [0.717, 1.165) is 19.3 Å². The Kier molecular flexibility index (Phi) is 11.3. The zero-order valence-corrected chi connectivity index (χ0v) is 10.6. The van der Waals surface area contributed by atoms with Gasteiger partial charge < -0.3 is 5.11 Å². The summed E-state index contributed by atoms with van der Waals surface area (Å²) < 4.78 is 0. The normalized spacial score (nSPS) is 12.0. The monoisotopic (exact) mass is 212 g/mol. The number of hydrogen-bond acceptors (Lipinski definition) is 1. The average molecular weight is 212 g/mol. The van der Waals surface area contributed by atoms with Crippen molar-refractivity contribution < 1.29 is 5.11 Å². The zero-order chi connectivity index (χ0) is 11.4. The molecule has 15 heavy (non-hydrogen) atoms. The lowest BCUT2D eigenvalue weighted by atomic mass is 10.1. The molecular weight excluding hydrogens is 184 g/mol. The number of rotatable bonds is 10. The molecular formula is C14H28O. The Morgan fingerprint density at radius 3 is 1.93 bits per heavy atom. The van der Waals surface area contributed by atoms with E-state index in [0.29, 0.717) is 5.76 Å². The minimum absolute atomic E-state index is 0.587. The molecule has 0 aliphatic heterocycles. The van der Waals surface area contributed by atoms with Gasteiger partial charge in [0.05, 0.1) is 5.76 Å². The minimum Gasteiger partial charge on any atom is -0.513 e. The van der Waals surface area contributed by atoms with Crippen LogP contribution in [0.5, 0.6) is 0 Å². The minimum atomic E-state index is 0.587. The molecule has 1 nitrogen and oxygen atoms in total. The van der Waals surface area contributed by atoms with Gasteiger partial charge in [0.25, 0.3) is 0 Å². The van der Waals surface area contributed by atoms with Crippen molar-refractivity contribution in [2.24, 2.45) is 0 Å². The first kappa shape index (κ1) is 14.5. The van der Waals surface area contributed by atoms with Crippen LogP contribution in [0.15, 0.2) is 11.8 Å². The first-order valence-electron chi connectivity index (χ1n) is 6.69. The summed E-state index contributed by atoms with van der Waals surface area (Å²) in [5.41, 5.74) is 0. The van der Waals surface area contributed by atoms with Gasteiger partial charge in [0.1, 0.15) is 0 Å². The molecule has 0 spiro atoms. The molecule has 0 saturated heterocycles. The molecule has 0 atom stereocenters. The lowest BCUT2D eigenvalue weighted by molar-refractivity contribution is 0.377. The standard InChI is InChI=1S/C14H28O/c1-3-5-6-7-8-9-10-11-13-14(15)12-4-2/h12,15H,3-11,13H2,1-2H3. The van der Waals surface area contributed by atoms with Crippen LogP contribution >= 0.6 is 0 Å². The van der Waals surface area contributed by atoms with Gasteiger partial charge in [0, 0.05) is 6.42 Å². The molecule has 0 heterocycles. The summed E-state index contributed by atoms with van der Waals surface area (Å²) in [7, 11) is 0. The molecule has 0 aromatic heterocycles. The Labute approximate surface area is 95.6 Å². The van der Waals surface area contributed by atoms with Crippen molar-refractivity contribution in [1.82, 2.24) is 0 Å². The number of allylic oxidation sites excluding steroid dienone is 2. The van der Waals surface area contributed by atoms with E-state index in [4.69, 9.17) is 0 Å². The van der Waals surface area contributed by atoms with E-state index in [9.17, 15) is 5.11 Å². The van der Waals surface area contributed by atoms with Gasteiger partial charge in [-0.15, -0.1) is 0 Å². The van der Waals surface area contributed by atoms with Gasteiger partial charge in [-0.05, 0) is 18.9 Å². The van der Waals surface area contributed by atoms with Crippen molar-refractivity contribution in [1.29, 1.82) is 0 Å². The van der Waals surface area contributed by atoms with Crippen LogP contribution in [0.3, 0.4) is 0 Å². The van der Waals surface area contributed by atoms with Gasteiger partial charge in [-0.25, -0.2) is 0 Å². The third kappa shape index (κ3) is 11.5. The molecule has 1 N–H and O–H groups in total. The fourth-order valence-corrected chi connectivity index (χ4v) is 1.78. The summed E-state index contributed by atoms with van der Waals surface area (Å²) in [5.74, 6) is 0.587. The molecule has 90 valence electrons. The van der Waals surface area contributed by atoms with Crippen LogP contribution in [0.25, 0.3) is 0 Å². The predicted octanol–water partition coefficient (Wildman–Crippen LogP) is 5.37. The van der Waals surface area contributed by atoms with Gasteiger partial charge in [0.2, 0.25) is 0 Å². The fourth-order valence-electron chi connectivity index (χ4n) is 1.78. The third-order valence-electron chi connectivity index (χ3n) is 2.73. The van der Waals surface area contributed by atoms with Crippen molar-refractivity contribution >= 4 is 0 Å². The largest absolute Gasteiger partial charge is 0.513 e. The van der Waals surface area contributed by atoms with Gasteiger partial charge in [-0.2, -0.15) is 0 Å². The molecule has 0 fully saturated rings. The highest BCUT2D eigenvalue weighted by atomic mass is 16.3. The van der Waals surface area contributed by atoms with E-state index in [-0.39, 0.29) is 0 Å². The summed E-state index contributed by atoms with van der Waals surface area (Å²) in [4.78, 5) is 0. The van der Waals surface area contributed by atoms with Crippen LogP contribution in [0.4, 0.5) is 0 Å². The average Bonchev–Trinajstić information content (AvgIpc) is 2.22. The second-order valence-corrected chi connectivity index (χ2v) is 4.33. The lowest BCUT2D eigenvalue weighted by Crippen LogP contribution is -1.84. The molecule has 0 saturated carbocycles. The fraction of sp³-hybridized carbons (Fsp3) is 0.857. The zero-order valence-electron chi connectivity index (χ0n) is 10.6. The van der Waals surface area contributed by atoms with E-state index >= 15 is 0 Å². The Balaban J connectivity index is 3.08. The van der Waals surface area contributed by atoms with E-state index in [1.165, 1.54) is 44.9 Å². The van der Waals surface area contributed by atoms with Crippen LogP contribution in [0.1, 0.15) is 78.1 Å². The number of hydrogen-bond donors (Lipinski definition) is 1. The molecule has 0 amide bonds. The molecule has 1 heteroatoms. The molecule has 0 aliphatic carbocycles. The summed E-state index contributed by atoms with van der Waals surface area (Å²) >= 11 is 0. The number of unbranched alkanes of at least 4 members (excludes halogenated alkanes) is 7. The summed E-state index contributed by atoms with van der Waals surface area (Å²) in [5, 5.41) is 9.38. The molecule has 0 aromatic rings. The lowest BCUT2D eigenvalue weighted by Gasteiger charge is -2.01. The second-order valence-electron chi connectivity index (χ2n) is 4.33. The van der Waals surface area contributed by atoms with Crippen molar-refractivity contribution in [3.05, 3.63) is 11.8 Å². The molecule has 0 bridgehead atoms. The molecule has 0 aliphatic rings. The van der Waals surface area contributed by atoms with Crippen molar-refractivity contribution in [2.45, 2.75) is 78.1 Å². The Morgan fingerprint density at radius 1 is 0.867 bits per heavy atom. The van der Waals surface area contributed by atoms with Crippen molar-refractivity contribution in [2.75, 3.05) is 0 Å². The molecule has 0 aromatic carbocycles. The number of aliphatic hydroxyl groups is 1. The molecule has 0 unspecified atom stereocenters. The predicted molar refractivity (Wildman–Crippen MR) is 68.2 cm³/mol. The Morgan fingerprint density at radius 2 is 1.40 bits per heavy atom. The van der Waals surface area contributed by atoms with Gasteiger partial charge in [-0.1, -0.05) is 58.8 Å². The van der Waals surface area contributed by atoms with E-state index in [1.54, 1.807) is 0 Å². The van der Waals surface area contributed by atoms with Crippen LogP contribution in [-0.4, -0.2) is 5.11 Å². The maximum Gasteiger partial charge on any atom is 0.0882 e. The highest BCUT2D eigenvalue weighted by Crippen LogP contribution is 2.11. The smallest absolute Gasteiger partial charge is 0.0882 e. The first-order valence-corrected chi connectivity index (χ1v) is 6.69. The van der Waals surface area contributed by atoms with Crippen molar-refractivity contribution in [3.8, 4) is 0 Å². The molecule has 0 rings (SSSR count). The maximum absolute atomic E-state index is 9.38. The van der Waals surface area contributed by atoms with E-state index in [1.807, 2.05) is 6.08 Å². The van der Waals surface area contributed by atoms with Gasteiger partial charge >= 0.3 is 0 Å². The molecule has 0 radical (unpaired) electrons. The van der Waals surface area contributed by atoms with E-state index < -0.39 is 0 Å². The SMILES string of the molecule is CCC=C(O)CCCCCCCCCC. The van der Waals surface area contributed by atoms with Crippen molar-refractivity contribution in [3.63, 3.8) is 0 Å². The summed E-state index contributed by atoms with van der Waals surface area (Å²) in [6, 6.07) is 0.